The molecule has 0 radical (unpaired) electrons. The Hall–Kier alpha value is -3.40. The van der Waals surface area contributed by atoms with Crippen molar-refractivity contribution < 1.29 is 18.7 Å². The summed E-state index contributed by atoms with van der Waals surface area (Å²) >= 11 is 0. The second-order valence-electron chi connectivity index (χ2n) is 6.23. The molecule has 4 rings (SSSR count). The molecule has 1 saturated heterocycles. The average molecular weight is 384 g/mol. The molecule has 10 nitrogen and oxygen atoms in total. The van der Waals surface area contributed by atoms with Crippen LogP contribution in [0.25, 0.3) is 11.5 Å². The Morgan fingerprint density at radius 2 is 2.14 bits per heavy atom. The zero-order valence-electron chi connectivity index (χ0n) is 15.3. The highest BCUT2D eigenvalue weighted by molar-refractivity contribution is 6.07. The molecule has 0 saturated carbocycles. The molecule has 0 aliphatic carbocycles. The number of furan rings is 1. The van der Waals surface area contributed by atoms with E-state index in [9.17, 15) is 9.59 Å². The number of aryl methyl sites for hydroxylation is 1. The van der Waals surface area contributed by atoms with Gasteiger partial charge in [0.15, 0.2) is 11.5 Å². The predicted molar refractivity (Wildman–Crippen MR) is 98.9 cm³/mol. The van der Waals surface area contributed by atoms with Gasteiger partial charge in [0.25, 0.3) is 11.8 Å². The minimum Gasteiger partial charge on any atom is -0.463 e. The minimum absolute atomic E-state index is 0.181. The zero-order chi connectivity index (χ0) is 19.5. The molecule has 1 aliphatic rings. The van der Waals surface area contributed by atoms with E-state index in [0.717, 1.165) is 0 Å². The number of hydrogen-bond donors (Lipinski definition) is 2. The van der Waals surface area contributed by atoms with Crippen molar-refractivity contribution in [1.29, 1.82) is 0 Å². The normalized spacial score (nSPS) is 14.2. The average Bonchev–Trinajstić information content (AvgIpc) is 3.47. The van der Waals surface area contributed by atoms with E-state index in [4.69, 9.17) is 9.15 Å². The highest BCUT2D eigenvalue weighted by Crippen LogP contribution is 2.21. The fourth-order valence-corrected chi connectivity index (χ4v) is 3.04. The lowest BCUT2D eigenvalue weighted by Crippen LogP contribution is -2.41. The topological polar surface area (TPSA) is 118 Å². The maximum atomic E-state index is 13.0. The first kappa shape index (κ1) is 18.0. The van der Waals surface area contributed by atoms with Crippen molar-refractivity contribution in [2.75, 3.05) is 31.6 Å². The number of carbonyl (C=O) groups excluding carboxylic acids is 2. The maximum absolute atomic E-state index is 13.0. The lowest BCUT2D eigenvalue weighted by molar-refractivity contribution is 0.0295. The summed E-state index contributed by atoms with van der Waals surface area (Å²) in [7, 11) is 0. The Kier molecular flexibility index (Phi) is 4.94. The molecule has 10 heteroatoms. The number of aromatic nitrogens is 4. The fourth-order valence-electron chi connectivity index (χ4n) is 3.04. The van der Waals surface area contributed by atoms with Gasteiger partial charge in [-0.05, 0) is 19.1 Å². The monoisotopic (exact) mass is 384 g/mol. The van der Waals surface area contributed by atoms with Crippen molar-refractivity contribution in [3.8, 4) is 11.5 Å². The molecule has 2 amide bonds. The van der Waals surface area contributed by atoms with Crippen molar-refractivity contribution in [1.82, 2.24) is 24.9 Å². The molecular weight excluding hydrogens is 364 g/mol. The zero-order valence-corrected chi connectivity index (χ0v) is 15.3. The number of rotatable bonds is 5. The van der Waals surface area contributed by atoms with Gasteiger partial charge in [-0.1, -0.05) is 0 Å². The number of nitrogens with zero attached hydrogens (tertiary/aromatic N) is 4. The van der Waals surface area contributed by atoms with Gasteiger partial charge < -0.3 is 19.4 Å². The van der Waals surface area contributed by atoms with Gasteiger partial charge in [0.05, 0.1) is 31.4 Å². The van der Waals surface area contributed by atoms with E-state index in [1.807, 2.05) is 6.92 Å². The van der Waals surface area contributed by atoms with Crippen LogP contribution in [0.5, 0.6) is 0 Å². The second-order valence-corrected chi connectivity index (χ2v) is 6.23. The van der Waals surface area contributed by atoms with Gasteiger partial charge in [0, 0.05) is 25.7 Å². The molecule has 0 atom stereocenters. The molecule has 0 unspecified atom stereocenters. The molecule has 0 spiro atoms. The summed E-state index contributed by atoms with van der Waals surface area (Å²) < 4.78 is 12.2. The van der Waals surface area contributed by atoms with Crippen LogP contribution in [-0.2, 0) is 11.3 Å². The van der Waals surface area contributed by atoms with Crippen LogP contribution >= 0.6 is 0 Å². The lowest BCUT2D eigenvalue weighted by Gasteiger charge is -2.27. The number of morpholine rings is 1. The van der Waals surface area contributed by atoms with Crippen molar-refractivity contribution in [2.45, 2.75) is 13.5 Å². The van der Waals surface area contributed by atoms with Crippen LogP contribution in [0.2, 0.25) is 0 Å². The second kappa shape index (κ2) is 7.69. The van der Waals surface area contributed by atoms with E-state index in [-0.39, 0.29) is 11.6 Å². The van der Waals surface area contributed by atoms with Crippen LogP contribution in [0.3, 0.4) is 0 Å². The Morgan fingerprint density at radius 3 is 2.86 bits per heavy atom. The number of anilines is 1. The summed E-state index contributed by atoms with van der Waals surface area (Å²) in [5.41, 5.74) is 1.47. The van der Waals surface area contributed by atoms with Gasteiger partial charge in [-0.3, -0.25) is 19.4 Å². The van der Waals surface area contributed by atoms with Gasteiger partial charge in [-0.2, -0.15) is 10.2 Å². The summed E-state index contributed by atoms with van der Waals surface area (Å²) in [4.78, 5) is 27.3. The third-order valence-corrected chi connectivity index (χ3v) is 4.49. The van der Waals surface area contributed by atoms with Gasteiger partial charge in [0.1, 0.15) is 11.4 Å². The van der Waals surface area contributed by atoms with Crippen LogP contribution in [0, 0.1) is 0 Å². The van der Waals surface area contributed by atoms with Crippen LogP contribution in [-0.4, -0.2) is 63.0 Å². The lowest BCUT2D eigenvalue weighted by atomic mass is 10.2. The van der Waals surface area contributed by atoms with E-state index in [1.54, 1.807) is 34.0 Å². The van der Waals surface area contributed by atoms with E-state index in [2.05, 4.69) is 20.6 Å². The largest absolute Gasteiger partial charge is 0.463 e. The molecule has 3 aromatic rings. The van der Waals surface area contributed by atoms with E-state index >= 15 is 0 Å². The third kappa shape index (κ3) is 3.41. The summed E-state index contributed by atoms with van der Waals surface area (Å²) in [6.07, 6.45) is 3.02. The van der Waals surface area contributed by atoms with Crippen LogP contribution < -0.4 is 5.32 Å². The Labute approximate surface area is 160 Å². The first-order valence-corrected chi connectivity index (χ1v) is 9.01. The summed E-state index contributed by atoms with van der Waals surface area (Å²) in [5, 5.41) is 13.8. The Balaban J connectivity index is 1.55. The molecular formula is C18H20N6O4. The molecule has 0 bridgehead atoms. The van der Waals surface area contributed by atoms with E-state index < -0.39 is 5.91 Å². The molecule has 1 aliphatic heterocycles. The van der Waals surface area contributed by atoms with Crippen molar-refractivity contribution in [3.63, 3.8) is 0 Å². The predicted octanol–water partition coefficient (Wildman–Crippen LogP) is 1.61. The van der Waals surface area contributed by atoms with Gasteiger partial charge in [-0.25, -0.2) is 0 Å². The molecule has 28 heavy (non-hydrogen) atoms. The van der Waals surface area contributed by atoms with Crippen molar-refractivity contribution >= 4 is 17.5 Å². The number of H-pyrrole nitrogens is 1. The van der Waals surface area contributed by atoms with Crippen LogP contribution in [0.4, 0.5) is 5.69 Å². The molecule has 146 valence electrons. The smallest absolute Gasteiger partial charge is 0.276 e. The Bertz CT molecular complexity index is 968. The van der Waals surface area contributed by atoms with Crippen molar-refractivity contribution in [2.24, 2.45) is 0 Å². The molecule has 3 aromatic heterocycles. The number of hydrogen-bond acceptors (Lipinski definition) is 6. The third-order valence-electron chi connectivity index (χ3n) is 4.49. The van der Waals surface area contributed by atoms with Gasteiger partial charge >= 0.3 is 0 Å². The maximum Gasteiger partial charge on any atom is 0.276 e. The molecule has 2 N–H and O–H groups in total. The number of aromatic amines is 1. The van der Waals surface area contributed by atoms with E-state index in [1.165, 1.54) is 6.20 Å². The first-order chi connectivity index (χ1) is 13.7. The molecule has 4 heterocycles. The first-order valence-electron chi connectivity index (χ1n) is 9.01. The van der Waals surface area contributed by atoms with Crippen LogP contribution in [0.1, 0.15) is 27.9 Å². The van der Waals surface area contributed by atoms with E-state index in [0.29, 0.717) is 55.7 Å². The fraction of sp³-hybridized carbons (Fsp3) is 0.333. The van der Waals surface area contributed by atoms with Crippen molar-refractivity contribution in [3.05, 3.63) is 42.0 Å². The summed E-state index contributed by atoms with van der Waals surface area (Å²) in [6.45, 7) is 4.40. The standard InChI is InChI=1S/C18H20N6O4/c1-2-24-16(18(26)23-5-8-27-9-6-23)14(11-19-24)20-17(25)13-10-12(21-22-13)15-4-3-7-28-15/h3-4,7,10-11H,2,5-6,8-9H2,1H3,(H,20,25)(H,21,22). The van der Waals surface area contributed by atoms with Gasteiger partial charge in [-0.15, -0.1) is 0 Å². The number of amides is 2. The minimum atomic E-state index is -0.444. The highest BCUT2D eigenvalue weighted by atomic mass is 16.5. The highest BCUT2D eigenvalue weighted by Gasteiger charge is 2.26. The summed E-state index contributed by atoms with van der Waals surface area (Å²) in [6, 6.07) is 5.10. The quantitative estimate of drug-likeness (QED) is 0.690. The molecule has 1 fully saturated rings. The SMILES string of the molecule is CCn1ncc(NC(=O)c2cc(-c3ccco3)[nH]n2)c1C(=O)N1CCOCC1. The number of carbonyl (C=O) groups is 2. The number of ether oxygens (including phenoxy) is 1. The molecule has 0 aromatic carbocycles. The summed E-state index contributed by atoms with van der Waals surface area (Å²) in [5.74, 6) is -0.0504. The van der Waals surface area contributed by atoms with Crippen LogP contribution in [0.15, 0.2) is 35.1 Å². The van der Waals surface area contributed by atoms with Gasteiger partial charge in [0.2, 0.25) is 0 Å². The number of nitrogens with one attached hydrogen (secondary N) is 2. The Morgan fingerprint density at radius 1 is 1.32 bits per heavy atom.